The van der Waals surface area contributed by atoms with Crippen molar-refractivity contribution >= 4 is 22.9 Å². The number of fused-ring (bicyclic) bond motifs is 1. The molecule has 0 bridgehead atoms. The summed E-state index contributed by atoms with van der Waals surface area (Å²) >= 11 is 0. The standard InChI is InChI=1S/C22H21N3O2/c1-15-20(19-5-3-4-6-21(19)25-15)13-17(14-23)22(26)24-12-11-16-7-9-18(27-2)10-8-16/h3-10,13,25H,11-12H2,1-2H3,(H,24,26)/b17-13+. The second kappa shape index (κ2) is 8.24. The molecular weight excluding hydrogens is 338 g/mol. The summed E-state index contributed by atoms with van der Waals surface area (Å²) in [7, 11) is 1.63. The van der Waals surface area contributed by atoms with Crippen molar-refractivity contribution < 1.29 is 9.53 Å². The number of methoxy groups -OCH3 is 1. The van der Waals surface area contributed by atoms with Gasteiger partial charge < -0.3 is 15.0 Å². The van der Waals surface area contributed by atoms with Gasteiger partial charge in [0.2, 0.25) is 0 Å². The molecule has 0 aliphatic heterocycles. The Kier molecular flexibility index (Phi) is 5.58. The lowest BCUT2D eigenvalue weighted by molar-refractivity contribution is -0.117. The van der Waals surface area contributed by atoms with Gasteiger partial charge in [0.15, 0.2) is 0 Å². The maximum atomic E-state index is 12.4. The third-order valence-electron chi connectivity index (χ3n) is 4.46. The fraction of sp³-hybridized carbons (Fsp3) is 0.182. The molecule has 0 spiro atoms. The first-order valence-electron chi connectivity index (χ1n) is 8.72. The van der Waals surface area contributed by atoms with Crippen LogP contribution in [0.25, 0.3) is 17.0 Å². The van der Waals surface area contributed by atoms with Crippen LogP contribution in [0, 0.1) is 18.3 Å². The van der Waals surface area contributed by atoms with Gasteiger partial charge >= 0.3 is 0 Å². The van der Waals surface area contributed by atoms with Crippen molar-refractivity contribution in [1.29, 1.82) is 5.26 Å². The van der Waals surface area contributed by atoms with E-state index < -0.39 is 0 Å². The van der Waals surface area contributed by atoms with Crippen LogP contribution in [-0.2, 0) is 11.2 Å². The van der Waals surface area contributed by atoms with Gasteiger partial charge in [0.05, 0.1) is 7.11 Å². The molecule has 27 heavy (non-hydrogen) atoms. The number of aryl methyl sites for hydroxylation is 1. The van der Waals surface area contributed by atoms with Crippen LogP contribution in [0.3, 0.4) is 0 Å². The fourth-order valence-electron chi connectivity index (χ4n) is 2.99. The summed E-state index contributed by atoms with van der Waals surface area (Å²) in [6.07, 6.45) is 2.33. The Morgan fingerprint density at radius 1 is 1.22 bits per heavy atom. The molecule has 0 aliphatic rings. The highest BCUT2D eigenvalue weighted by Gasteiger charge is 2.12. The lowest BCUT2D eigenvalue weighted by Gasteiger charge is -2.06. The van der Waals surface area contributed by atoms with Gasteiger partial charge in [0, 0.05) is 28.7 Å². The topological polar surface area (TPSA) is 77.9 Å². The molecule has 1 heterocycles. The number of nitrogens with zero attached hydrogens (tertiary/aromatic N) is 1. The van der Waals surface area contributed by atoms with E-state index in [2.05, 4.69) is 10.3 Å². The zero-order valence-corrected chi connectivity index (χ0v) is 15.4. The van der Waals surface area contributed by atoms with Gasteiger partial charge in [-0.25, -0.2) is 0 Å². The molecule has 0 unspecified atom stereocenters. The number of nitrogens with one attached hydrogen (secondary N) is 2. The smallest absolute Gasteiger partial charge is 0.261 e. The third kappa shape index (κ3) is 4.18. The minimum absolute atomic E-state index is 0.0950. The zero-order valence-electron chi connectivity index (χ0n) is 15.4. The fourth-order valence-corrected chi connectivity index (χ4v) is 2.99. The van der Waals surface area contributed by atoms with Crippen molar-refractivity contribution in [2.24, 2.45) is 0 Å². The Morgan fingerprint density at radius 3 is 2.67 bits per heavy atom. The van der Waals surface area contributed by atoms with Gasteiger partial charge in [-0.15, -0.1) is 0 Å². The minimum Gasteiger partial charge on any atom is -0.497 e. The number of ether oxygens (including phenoxy) is 1. The quantitative estimate of drug-likeness (QED) is 0.520. The molecule has 136 valence electrons. The van der Waals surface area contributed by atoms with Crippen molar-refractivity contribution in [3.05, 3.63) is 70.9 Å². The first kappa shape index (κ1) is 18.3. The van der Waals surface area contributed by atoms with Crippen LogP contribution in [0.4, 0.5) is 0 Å². The highest BCUT2D eigenvalue weighted by Crippen LogP contribution is 2.24. The van der Waals surface area contributed by atoms with Crippen LogP contribution in [-0.4, -0.2) is 24.5 Å². The number of para-hydroxylation sites is 1. The highest BCUT2D eigenvalue weighted by atomic mass is 16.5. The minimum atomic E-state index is -0.365. The Bertz CT molecular complexity index is 1020. The van der Waals surface area contributed by atoms with Gasteiger partial charge in [0.1, 0.15) is 17.4 Å². The second-order valence-electron chi connectivity index (χ2n) is 6.23. The molecule has 2 aromatic carbocycles. The van der Waals surface area contributed by atoms with E-state index in [1.165, 1.54) is 0 Å². The Labute approximate surface area is 158 Å². The van der Waals surface area contributed by atoms with Crippen molar-refractivity contribution in [3.63, 3.8) is 0 Å². The van der Waals surface area contributed by atoms with E-state index in [4.69, 9.17) is 4.74 Å². The van der Waals surface area contributed by atoms with Crippen molar-refractivity contribution in [1.82, 2.24) is 10.3 Å². The predicted octanol–water partition coefficient (Wildman–Crippen LogP) is 3.75. The van der Waals surface area contributed by atoms with E-state index in [0.29, 0.717) is 13.0 Å². The Hall–Kier alpha value is -3.52. The number of carbonyl (C=O) groups is 1. The van der Waals surface area contributed by atoms with Crippen LogP contribution in [0.1, 0.15) is 16.8 Å². The monoisotopic (exact) mass is 359 g/mol. The van der Waals surface area contributed by atoms with E-state index >= 15 is 0 Å². The largest absolute Gasteiger partial charge is 0.497 e. The SMILES string of the molecule is COc1ccc(CCNC(=O)/C(C#N)=C/c2c(C)[nH]c3ccccc23)cc1. The molecule has 0 saturated heterocycles. The van der Waals surface area contributed by atoms with E-state index in [1.807, 2.05) is 61.5 Å². The van der Waals surface area contributed by atoms with E-state index in [-0.39, 0.29) is 11.5 Å². The van der Waals surface area contributed by atoms with Gasteiger partial charge in [-0.2, -0.15) is 5.26 Å². The highest BCUT2D eigenvalue weighted by molar-refractivity contribution is 6.04. The molecule has 1 amide bonds. The van der Waals surface area contributed by atoms with Crippen LogP contribution >= 0.6 is 0 Å². The van der Waals surface area contributed by atoms with Crippen LogP contribution in [0.2, 0.25) is 0 Å². The molecule has 0 saturated carbocycles. The average molecular weight is 359 g/mol. The summed E-state index contributed by atoms with van der Waals surface area (Å²) in [5.74, 6) is 0.433. The number of rotatable bonds is 6. The lowest BCUT2D eigenvalue weighted by Crippen LogP contribution is -2.26. The number of hydrogen-bond donors (Lipinski definition) is 2. The number of hydrogen-bond acceptors (Lipinski definition) is 3. The molecule has 5 heteroatoms. The number of aromatic nitrogens is 1. The lowest BCUT2D eigenvalue weighted by atomic mass is 10.1. The zero-order chi connectivity index (χ0) is 19.2. The first-order chi connectivity index (χ1) is 13.1. The van der Waals surface area contributed by atoms with Gasteiger partial charge in [-0.05, 0) is 43.2 Å². The molecule has 3 aromatic rings. The number of aromatic amines is 1. The number of amides is 1. The molecule has 0 radical (unpaired) electrons. The first-order valence-corrected chi connectivity index (χ1v) is 8.72. The molecule has 0 fully saturated rings. The number of benzene rings is 2. The van der Waals surface area contributed by atoms with Gasteiger partial charge in [-0.1, -0.05) is 30.3 Å². The van der Waals surface area contributed by atoms with Crippen LogP contribution in [0.5, 0.6) is 5.75 Å². The van der Waals surface area contributed by atoms with E-state index in [0.717, 1.165) is 33.5 Å². The normalized spacial score (nSPS) is 11.2. The molecule has 0 atom stereocenters. The predicted molar refractivity (Wildman–Crippen MR) is 106 cm³/mol. The van der Waals surface area contributed by atoms with Crippen molar-refractivity contribution in [3.8, 4) is 11.8 Å². The summed E-state index contributed by atoms with van der Waals surface area (Å²) in [5, 5.41) is 13.2. The molecule has 5 nitrogen and oxygen atoms in total. The maximum absolute atomic E-state index is 12.4. The molecule has 2 N–H and O–H groups in total. The Morgan fingerprint density at radius 2 is 1.96 bits per heavy atom. The molecule has 3 rings (SSSR count). The molecule has 1 aromatic heterocycles. The average Bonchev–Trinajstić information content (AvgIpc) is 3.01. The van der Waals surface area contributed by atoms with E-state index in [9.17, 15) is 10.1 Å². The second-order valence-corrected chi connectivity index (χ2v) is 6.23. The summed E-state index contributed by atoms with van der Waals surface area (Å²) in [5.41, 5.74) is 3.96. The Balaban J connectivity index is 1.69. The summed E-state index contributed by atoms with van der Waals surface area (Å²) < 4.78 is 5.13. The summed E-state index contributed by atoms with van der Waals surface area (Å²) in [6, 6.07) is 17.5. The van der Waals surface area contributed by atoms with Crippen LogP contribution in [0.15, 0.2) is 54.1 Å². The van der Waals surface area contributed by atoms with E-state index in [1.54, 1.807) is 13.2 Å². The van der Waals surface area contributed by atoms with Crippen molar-refractivity contribution in [2.45, 2.75) is 13.3 Å². The van der Waals surface area contributed by atoms with Gasteiger partial charge in [-0.3, -0.25) is 4.79 Å². The third-order valence-corrected chi connectivity index (χ3v) is 4.46. The number of carbonyl (C=O) groups excluding carboxylic acids is 1. The maximum Gasteiger partial charge on any atom is 0.261 e. The summed E-state index contributed by atoms with van der Waals surface area (Å²) in [6.45, 7) is 2.39. The van der Waals surface area contributed by atoms with Gasteiger partial charge in [0.25, 0.3) is 5.91 Å². The molecular formula is C22H21N3O2. The molecule has 0 aliphatic carbocycles. The number of nitriles is 1. The van der Waals surface area contributed by atoms with Crippen LogP contribution < -0.4 is 10.1 Å². The summed E-state index contributed by atoms with van der Waals surface area (Å²) in [4.78, 5) is 15.7. The number of H-pyrrole nitrogens is 1. The van der Waals surface area contributed by atoms with Crippen molar-refractivity contribution in [2.75, 3.05) is 13.7 Å².